The smallest absolute Gasteiger partial charge is 0.311 e. The number of hydrogen-bond acceptors (Lipinski definition) is 6. The van der Waals surface area contributed by atoms with Gasteiger partial charge in [0.05, 0.1) is 18.2 Å². The number of rotatable bonds is 6. The van der Waals surface area contributed by atoms with Crippen LogP contribution in [0.4, 0.5) is 5.69 Å². The molecule has 3 N–H and O–H groups in total. The van der Waals surface area contributed by atoms with Crippen LogP contribution in [0.5, 0.6) is 5.75 Å². The molecular formula is C13H14N6O3S. The largest absolute Gasteiger partial charge is 0.490 e. The SMILES string of the molecule is COc1ccc(Cn2ccnc2/C=N/NC(N)=S)cc1[N+](=O)[O-]. The second kappa shape index (κ2) is 7.31. The maximum atomic E-state index is 11.1. The van der Waals surface area contributed by atoms with Gasteiger partial charge in [0, 0.05) is 25.0 Å². The van der Waals surface area contributed by atoms with Crippen molar-refractivity contribution >= 4 is 29.2 Å². The lowest BCUT2D eigenvalue weighted by atomic mass is 10.2. The summed E-state index contributed by atoms with van der Waals surface area (Å²) in [5.74, 6) is 0.763. The van der Waals surface area contributed by atoms with E-state index >= 15 is 0 Å². The second-order valence-corrected chi connectivity index (χ2v) is 4.85. The monoisotopic (exact) mass is 334 g/mol. The van der Waals surface area contributed by atoms with Crippen molar-refractivity contribution in [2.75, 3.05) is 7.11 Å². The number of nitrogens with zero attached hydrogens (tertiary/aromatic N) is 4. The van der Waals surface area contributed by atoms with E-state index in [2.05, 4.69) is 27.7 Å². The molecular weight excluding hydrogens is 320 g/mol. The standard InChI is InChI=1S/C13H14N6O3S/c1-22-11-3-2-9(6-10(11)19(20)21)8-18-5-4-15-12(18)7-16-17-13(14)23/h2-7H,8H2,1H3,(H3,14,17,23)/b16-7+. The lowest BCUT2D eigenvalue weighted by Gasteiger charge is -2.07. The van der Waals surface area contributed by atoms with E-state index in [0.29, 0.717) is 12.4 Å². The molecule has 0 saturated heterocycles. The van der Waals surface area contributed by atoms with Gasteiger partial charge in [-0.05, 0) is 23.8 Å². The molecule has 1 heterocycles. The van der Waals surface area contributed by atoms with Gasteiger partial charge in [0.1, 0.15) is 0 Å². The van der Waals surface area contributed by atoms with Gasteiger partial charge in [-0.15, -0.1) is 0 Å². The molecule has 0 bridgehead atoms. The third kappa shape index (κ3) is 4.23. The summed E-state index contributed by atoms with van der Waals surface area (Å²) in [5, 5.41) is 14.9. The van der Waals surface area contributed by atoms with Crippen molar-refractivity contribution in [2.45, 2.75) is 6.54 Å². The Labute approximate surface area is 136 Å². The van der Waals surface area contributed by atoms with Crippen molar-refractivity contribution in [3.63, 3.8) is 0 Å². The number of nitrogens with one attached hydrogen (secondary N) is 1. The Hall–Kier alpha value is -3.01. The second-order valence-electron chi connectivity index (χ2n) is 4.41. The van der Waals surface area contributed by atoms with Gasteiger partial charge in [-0.3, -0.25) is 15.5 Å². The number of imidazole rings is 1. The summed E-state index contributed by atoms with van der Waals surface area (Å²) in [4.78, 5) is 14.7. The lowest BCUT2D eigenvalue weighted by Crippen LogP contribution is -2.24. The van der Waals surface area contributed by atoms with Gasteiger partial charge in [-0.2, -0.15) is 5.10 Å². The first-order chi connectivity index (χ1) is 11.0. The molecule has 0 fully saturated rings. The van der Waals surface area contributed by atoms with Gasteiger partial charge in [-0.1, -0.05) is 6.07 Å². The van der Waals surface area contributed by atoms with E-state index in [1.54, 1.807) is 29.1 Å². The predicted molar refractivity (Wildman–Crippen MR) is 88.5 cm³/mol. The topological polar surface area (TPSA) is 121 Å². The highest BCUT2D eigenvalue weighted by molar-refractivity contribution is 7.80. The fraction of sp³-hybridized carbons (Fsp3) is 0.154. The minimum Gasteiger partial charge on any atom is -0.490 e. The van der Waals surface area contributed by atoms with Gasteiger partial charge in [-0.25, -0.2) is 4.98 Å². The highest BCUT2D eigenvalue weighted by Crippen LogP contribution is 2.27. The summed E-state index contributed by atoms with van der Waals surface area (Å²) >= 11 is 4.64. The molecule has 0 aliphatic carbocycles. The first-order valence-electron chi connectivity index (χ1n) is 6.42. The first kappa shape index (κ1) is 16.4. The van der Waals surface area contributed by atoms with Gasteiger partial charge in [0.25, 0.3) is 0 Å². The molecule has 2 aromatic rings. The molecule has 2 rings (SSSR count). The quantitative estimate of drug-likeness (QED) is 0.350. The van der Waals surface area contributed by atoms with E-state index in [4.69, 9.17) is 10.5 Å². The summed E-state index contributed by atoms with van der Waals surface area (Å²) in [6, 6.07) is 4.78. The Bertz CT molecular complexity index is 758. The Balaban J connectivity index is 2.22. The molecule has 1 aromatic heterocycles. The van der Waals surface area contributed by atoms with E-state index in [9.17, 15) is 10.1 Å². The van der Waals surface area contributed by atoms with E-state index in [1.807, 2.05) is 0 Å². The molecule has 0 saturated carbocycles. The van der Waals surface area contributed by atoms with Crippen LogP contribution in [0.25, 0.3) is 0 Å². The third-order valence-corrected chi connectivity index (χ3v) is 2.99. The predicted octanol–water partition coefficient (Wildman–Crippen LogP) is 1.02. The fourth-order valence-electron chi connectivity index (χ4n) is 1.91. The zero-order valence-electron chi connectivity index (χ0n) is 12.2. The zero-order chi connectivity index (χ0) is 16.8. The van der Waals surface area contributed by atoms with Gasteiger partial charge in [0.15, 0.2) is 16.7 Å². The first-order valence-corrected chi connectivity index (χ1v) is 6.83. The summed E-state index contributed by atoms with van der Waals surface area (Å²) < 4.78 is 6.76. The molecule has 0 unspecified atom stereocenters. The Morgan fingerprint density at radius 1 is 1.65 bits per heavy atom. The highest BCUT2D eigenvalue weighted by atomic mass is 32.1. The van der Waals surface area contributed by atoms with Crippen LogP contribution in [0, 0.1) is 10.1 Å². The minimum absolute atomic E-state index is 0.0464. The van der Waals surface area contributed by atoms with Crippen molar-refractivity contribution in [1.82, 2.24) is 15.0 Å². The average Bonchev–Trinajstić information content (AvgIpc) is 2.94. The van der Waals surface area contributed by atoms with Crippen LogP contribution in [0.15, 0.2) is 35.7 Å². The normalized spacial score (nSPS) is 10.7. The molecule has 9 nitrogen and oxygen atoms in total. The molecule has 0 atom stereocenters. The number of nitrogens with two attached hydrogens (primary N) is 1. The Kier molecular flexibility index (Phi) is 5.20. The molecule has 120 valence electrons. The Morgan fingerprint density at radius 3 is 3.09 bits per heavy atom. The van der Waals surface area contributed by atoms with Crippen LogP contribution in [-0.4, -0.2) is 32.9 Å². The molecule has 0 radical (unpaired) electrons. The molecule has 0 amide bonds. The maximum Gasteiger partial charge on any atom is 0.311 e. The van der Waals surface area contributed by atoms with E-state index in [0.717, 1.165) is 5.56 Å². The van der Waals surface area contributed by atoms with Crippen molar-refractivity contribution in [1.29, 1.82) is 0 Å². The average molecular weight is 334 g/mol. The van der Waals surface area contributed by atoms with E-state index in [-0.39, 0.29) is 16.5 Å². The molecule has 0 spiro atoms. The van der Waals surface area contributed by atoms with Crippen LogP contribution < -0.4 is 15.9 Å². The van der Waals surface area contributed by atoms with Crippen LogP contribution in [-0.2, 0) is 6.54 Å². The number of nitro benzene ring substituents is 1. The number of hydrazone groups is 1. The number of ether oxygens (including phenoxy) is 1. The van der Waals surface area contributed by atoms with Crippen molar-refractivity contribution in [3.05, 3.63) is 52.1 Å². The van der Waals surface area contributed by atoms with E-state index in [1.165, 1.54) is 19.4 Å². The van der Waals surface area contributed by atoms with Gasteiger partial charge >= 0.3 is 5.69 Å². The number of hydrogen-bond donors (Lipinski definition) is 2. The minimum atomic E-state index is -0.481. The molecule has 0 aliphatic rings. The zero-order valence-corrected chi connectivity index (χ0v) is 13.0. The number of thiocarbonyl (C=S) groups is 1. The number of nitro groups is 1. The van der Waals surface area contributed by atoms with Crippen LogP contribution in [0.2, 0.25) is 0 Å². The lowest BCUT2D eigenvalue weighted by molar-refractivity contribution is -0.385. The van der Waals surface area contributed by atoms with Crippen molar-refractivity contribution in [3.8, 4) is 5.75 Å². The van der Waals surface area contributed by atoms with Crippen LogP contribution in [0.1, 0.15) is 11.4 Å². The van der Waals surface area contributed by atoms with E-state index < -0.39 is 4.92 Å². The number of aromatic nitrogens is 2. The number of benzene rings is 1. The Morgan fingerprint density at radius 2 is 2.43 bits per heavy atom. The molecule has 10 heteroatoms. The fourth-order valence-corrected chi connectivity index (χ4v) is 1.96. The van der Waals surface area contributed by atoms with Crippen LogP contribution >= 0.6 is 12.2 Å². The number of methoxy groups -OCH3 is 1. The molecule has 1 aromatic carbocycles. The third-order valence-electron chi connectivity index (χ3n) is 2.90. The summed E-state index contributed by atoms with van der Waals surface area (Å²) in [6.45, 7) is 0.388. The van der Waals surface area contributed by atoms with Gasteiger partial charge < -0.3 is 15.0 Å². The summed E-state index contributed by atoms with van der Waals surface area (Å²) in [6.07, 6.45) is 4.79. The van der Waals surface area contributed by atoms with Crippen molar-refractivity contribution < 1.29 is 9.66 Å². The van der Waals surface area contributed by atoms with Crippen molar-refractivity contribution in [2.24, 2.45) is 10.8 Å². The maximum absolute atomic E-state index is 11.1. The van der Waals surface area contributed by atoms with Gasteiger partial charge in [0.2, 0.25) is 0 Å². The molecule has 23 heavy (non-hydrogen) atoms. The highest BCUT2D eigenvalue weighted by Gasteiger charge is 2.15. The van der Waals surface area contributed by atoms with Crippen LogP contribution in [0.3, 0.4) is 0 Å². The summed E-state index contributed by atoms with van der Waals surface area (Å²) in [5.41, 5.74) is 8.34. The molecule has 0 aliphatic heterocycles. The summed E-state index contributed by atoms with van der Waals surface area (Å²) in [7, 11) is 1.39.